The van der Waals surface area contributed by atoms with E-state index >= 15 is 0 Å². The molecular formula is C52H99NO2. The Morgan fingerprint density at radius 2 is 0.727 bits per heavy atom. The highest BCUT2D eigenvalue weighted by Crippen LogP contribution is 2.25. The molecule has 1 fully saturated rings. The molecule has 55 heavy (non-hydrogen) atoms. The lowest BCUT2D eigenvalue weighted by atomic mass is 9.89. The van der Waals surface area contributed by atoms with Gasteiger partial charge in [0.15, 0.2) is 0 Å². The van der Waals surface area contributed by atoms with Crippen molar-refractivity contribution in [3.63, 3.8) is 0 Å². The molecule has 1 rings (SSSR count). The summed E-state index contributed by atoms with van der Waals surface area (Å²) in [6.07, 6.45) is 62.2. The number of rotatable bonds is 27. The zero-order chi connectivity index (χ0) is 39.5. The number of carbonyl (C=O) groups excluding carboxylic acids is 2. The van der Waals surface area contributed by atoms with E-state index in [4.69, 9.17) is 0 Å². The van der Waals surface area contributed by atoms with Crippen molar-refractivity contribution in [2.45, 2.75) is 303 Å². The van der Waals surface area contributed by atoms with Crippen molar-refractivity contribution in [1.29, 1.82) is 0 Å². The highest BCUT2D eigenvalue weighted by Gasteiger charge is 2.19. The molecule has 2 amide bonds. The van der Waals surface area contributed by atoms with E-state index in [-0.39, 0.29) is 11.8 Å². The van der Waals surface area contributed by atoms with Gasteiger partial charge in [-0.25, -0.2) is 0 Å². The van der Waals surface area contributed by atoms with Crippen LogP contribution in [0.15, 0.2) is 12.3 Å². The second-order valence-electron chi connectivity index (χ2n) is 18.1. The summed E-state index contributed by atoms with van der Waals surface area (Å²) >= 11 is 0. The summed E-state index contributed by atoms with van der Waals surface area (Å²) in [5.41, 5.74) is 0. The number of allylic oxidation sites excluding steroid dienone is 1. The van der Waals surface area contributed by atoms with Crippen molar-refractivity contribution >= 4 is 11.8 Å². The first kappa shape index (κ1) is 51.9. The van der Waals surface area contributed by atoms with Crippen LogP contribution in [-0.2, 0) is 9.59 Å². The number of hydrogen-bond acceptors (Lipinski definition) is 2. The van der Waals surface area contributed by atoms with Crippen LogP contribution in [0, 0.1) is 5.92 Å². The van der Waals surface area contributed by atoms with Gasteiger partial charge in [0.05, 0.1) is 0 Å². The predicted molar refractivity (Wildman–Crippen MR) is 244 cm³/mol. The van der Waals surface area contributed by atoms with Crippen molar-refractivity contribution in [3.8, 4) is 0 Å². The Hall–Kier alpha value is -1.12. The lowest BCUT2D eigenvalue weighted by Crippen LogP contribution is -2.32. The fourth-order valence-electron chi connectivity index (χ4n) is 8.91. The molecule has 1 aliphatic rings. The smallest absolute Gasteiger partial charge is 0.233 e. The number of nitrogens with zero attached hydrogens (tertiary/aromatic N) is 1. The minimum atomic E-state index is 0.0300. The van der Waals surface area contributed by atoms with Gasteiger partial charge in [-0.15, -0.1) is 0 Å². The van der Waals surface area contributed by atoms with Gasteiger partial charge in [0.1, 0.15) is 0 Å². The number of imide groups is 1. The lowest BCUT2D eigenvalue weighted by molar-refractivity contribution is -0.141. The molecule has 3 nitrogen and oxygen atoms in total. The molecule has 1 unspecified atom stereocenters. The van der Waals surface area contributed by atoms with Crippen molar-refractivity contribution in [2.24, 2.45) is 5.92 Å². The Kier molecular flexibility index (Phi) is 40.1. The topological polar surface area (TPSA) is 37.4 Å². The molecule has 0 aliphatic carbocycles. The van der Waals surface area contributed by atoms with E-state index in [0.29, 0.717) is 12.8 Å². The third kappa shape index (κ3) is 35.8. The molecule has 324 valence electrons. The number of amides is 2. The van der Waals surface area contributed by atoms with Crippen LogP contribution in [0.2, 0.25) is 0 Å². The van der Waals surface area contributed by atoms with Crippen LogP contribution in [0.25, 0.3) is 0 Å². The van der Waals surface area contributed by atoms with E-state index in [0.717, 1.165) is 44.4 Å². The van der Waals surface area contributed by atoms with Crippen LogP contribution in [-0.4, -0.2) is 16.7 Å². The summed E-state index contributed by atoms with van der Waals surface area (Å²) in [7, 11) is 0. The van der Waals surface area contributed by atoms with Gasteiger partial charge in [-0.1, -0.05) is 264 Å². The summed E-state index contributed by atoms with van der Waals surface area (Å²) in [5, 5.41) is 0. The fourth-order valence-corrected chi connectivity index (χ4v) is 8.91. The molecule has 0 spiro atoms. The highest BCUT2D eigenvalue weighted by molar-refractivity contribution is 5.96. The van der Waals surface area contributed by atoms with Crippen LogP contribution >= 0.6 is 0 Å². The summed E-state index contributed by atoms with van der Waals surface area (Å²) in [6, 6.07) is 0. The zero-order valence-corrected chi connectivity index (χ0v) is 37.8. The molecule has 3 heteroatoms. The molecule has 0 bridgehead atoms. The Labute approximate surface area is 346 Å². The maximum atomic E-state index is 13.6. The molecule has 0 aromatic rings. The van der Waals surface area contributed by atoms with Crippen LogP contribution in [0.4, 0.5) is 0 Å². The van der Waals surface area contributed by atoms with Gasteiger partial charge in [-0.2, -0.15) is 0 Å². The van der Waals surface area contributed by atoms with Crippen LogP contribution < -0.4 is 0 Å². The third-order valence-electron chi connectivity index (χ3n) is 12.7. The van der Waals surface area contributed by atoms with Crippen molar-refractivity contribution in [2.75, 3.05) is 0 Å². The number of carbonyl (C=O) groups is 2. The van der Waals surface area contributed by atoms with Crippen LogP contribution in [0.1, 0.15) is 303 Å². The minimum Gasteiger partial charge on any atom is -0.274 e. The molecule has 0 saturated carbocycles. The van der Waals surface area contributed by atoms with Gasteiger partial charge in [0.2, 0.25) is 11.8 Å². The average Bonchev–Trinajstić information content (AvgIpc) is 3.18. The van der Waals surface area contributed by atoms with Gasteiger partial charge in [-0.05, 0) is 38.0 Å². The monoisotopic (exact) mass is 770 g/mol. The Morgan fingerprint density at radius 3 is 1.16 bits per heavy atom. The van der Waals surface area contributed by atoms with Crippen molar-refractivity contribution in [3.05, 3.63) is 12.3 Å². The van der Waals surface area contributed by atoms with Gasteiger partial charge >= 0.3 is 0 Å². The normalized spacial score (nSPS) is 18.7. The molecular weight excluding hydrogens is 671 g/mol. The molecule has 0 aromatic heterocycles. The first-order chi connectivity index (χ1) is 27.2. The Balaban J connectivity index is 2.55. The van der Waals surface area contributed by atoms with Crippen LogP contribution in [0.3, 0.4) is 0 Å². The number of hydrogen-bond donors (Lipinski definition) is 0. The van der Waals surface area contributed by atoms with Gasteiger partial charge in [-0.3, -0.25) is 14.5 Å². The maximum absolute atomic E-state index is 13.6. The van der Waals surface area contributed by atoms with Gasteiger partial charge < -0.3 is 0 Å². The molecule has 1 heterocycles. The maximum Gasteiger partial charge on any atom is 0.233 e. The first-order valence-electron chi connectivity index (χ1n) is 25.7. The molecule has 0 radical (unpaired) electrons. The standard InChI is InChI=1S/C52H99NO2/c1-3-5-7-9-11-13-15-17-22-26-30-34-38-42-49-53-51(54)47-41-37-33-29-25-21-19-18-20-24-28-32-36-40-45-50(46-43-48-52(53)55)44-39-35-31-27-23-16-14-12-10-8-6-4-2/h42,49-50H,3-41,43-48H2,1-2H3. The van der Waals surface area contributed by atoms with Crippen molar-refractivity contribution < 1.29 is 9.59 Å². The molecule has 1 aliphatic heterocycles. The second kappa shape index (κ2) is 42.5. The molecule has 0 N–H and O–H groups in total. The third-order valence-corrected chi connectivity index (χ3v) is 12.7. The van der Waals surface area contributed by atoms with Gasteiger partial charge in [0, 0.05) is 19.0 Å². The summed E-state index contributed by atoms with van der Waals surface area (Å²) in [5.74, 6) is 0.809. The Bertz CT molecular complexity index is 835. The largest absolute Gasteiger partial charge is 0.274 e. The van der Waals surface area contributed by atoms with E-state index in [2.05, 4.69) is 19.9 Å². The van der Waals surface area contributed by atoms with Crippen molar-refractivity contribution in [1.82, 2.24) is 4.90 Å². The van der Waals surface area contributed by atoms with E-state index in [1.165, 1.54) is 242 Å². The quantitative estimate of drug-likeness (QED) is 0.0616. The summed E-state index contributed by atoms with van der Waals surface area (Å²) in [4.78, 5) is 28.6. The Morgan fingerprint density at radius 1 is 0.400 bits per heavy atom. The summed E-state index contributed by atoms with van der Waals surface area (Å²) in [6.45, 7) is 4.59. The zero-order valence-electron chi connectivity index (χ0n) is 37.8. The average molecular weight is 770 g/mol. The second-order valence-corrected chi connectivity index (χ2v) is 18.1. The summed E-state index contributed by atoms with van der Waals surface area (Å²) < 4.78 is 0. The van der Waals surface area contributed by atoms with E-state index in [9.17, 15) is 9.59 Å². The predicted octanol–water partition coefficient (Wildman–Crippen LogP) is 18.1. The van der Waals surface area contributed by atoms with E-state index in [1.54, 1.807) is 0 Å². The van der Waals surface area contributed by atoms with Gasteiger partial charge in [0.25, 0.3) is 0 Å². The van der Waals surface area contributed by atoms with E-state index in [1.807, 2.05) is 6.20 Å². The molecule has 0 aromatic carbocycles. The minimum absolute atomic E-state index is 0.0300. The SMILES string of the molecule is CCCCCCCCCCCCCCC=CN1C(=O)CCCCCCCCCCCCCCCCC(CCCCCCCCCCCCCC)CCCC1=O. The highest BCUT2D eigenvalue weighted by atomic mass is 16.2. The fraction of sp³-hybridized carbons (Fsp3) is 0.923. The van der Waals surface area contributed by atoms with Crippen LogP contribution in [0.5, 0.6) is 0 Å². The molecule has 1 atom stereocenters. The van der Waals surface area contributed by atoms with E-state index < -0.39 is 0 Å². The lowest BCUT2D eigenvalue weighted by Gasteiger charge is -2.19. The first-order valence-corrected chi connectivity index (χ1v) is 25.7. The molecule has 1 saturated heterocycles. The number of unbranched alkanes of at least 4 members (excludes halogenated alkanes) is 23.